The minimum atomic E-state index is -0.762. The summed E-state index contributed by atoms with van der Waals surface area (Å²) < 4.78 is 5.55. The van der Waals surface area contributed by atoms with Gasteiger partial charge in [0.05, 0.1) is 5.56 Å². The number of anilines is 1. The smallest absolute Gasteiger partial charge is 0.265 e. The molecule has 2 aromatic rings. The van der Waals surface area contributed by atoms with E-state index < -0.39 is 12.0 Å². The molecule has 1 atom stereocenters. The Morgan fingerprint density at radius 1 is 1.09 bits per heavy atom. The zero-order valence-electron chi connectivity index (χ0n) is 12.5. The number of carbonyl (C=O) groups excluding carboxylic acids is 2. The molecule has 5 nitrogen and oxygen atoms in total. The van der Waals surface area contributed by atoms with Crippen LogP contribution in [0.2, 0.25) is 0 Å². The van der Waals surface area contributed by atoms with E-state index in [1.165, 1.54) is 0 Å². The average molecular weight is 298 g/mol. The average Bonchev–Trinajstić information content (AvgIpc) is 2.49. The Bertz CT molecular complexity index is 681. The topological polar surface area (TPSA) is 81.4 Å². The van der Waals surface area contributed by atoms with Gasteiger partial charge in [0.1, 0.15) is 5.75 Å². The highest BCUT2D eigenvalue weighted by atomic mass is 16.5. The van der Waals surface area contributed by atoms with Crippen molar-refractivity contribution in [2.45, 2.75) is 20.0 Å². The third-order valence-corrected chi connectivity index (χ3v) is 3.14. The summed E-state index contributed by atoms with van der Waals surface area (Å²) in [5.41, 5.74) is 7.33. The standard InChI is InChI=1S/C17H18N2O3/c1-11-7-9-13(10-8-11)19-17(21)12(2)22-15-6-4-3-5-14(15)16(18)20/h3-10,12H,1-2H3,(H2,18,20)(H,19,21)/t12-/m0/s1. The van der Waals surface area contributed by atoms with Gasteiger partial charge < -0.3 is 15.8 Å². The van der Waals surface area contributed by atoms with E-state index in [1.54, 1.807) is 31.2 Å². The summed E-state index contributed by atoms with van der Waals surface area (Å²) in [5, 5.41) is 2.76. The van der Waals surface area contributed by atoms with Crippen molar-refractivity contribution in [2.75, 3.05) is 5.32 Å². The fourth-order valence-electron chi connectivity index (χ4n) is 1.90. The van der Waals surface area contributed by atoms with Crippen LogP contribution in [0.4, 0.5) is 5.69 Å². The lowest BCUT2D eigenvalue weighted by atomic mass is 10.2. The van der Waals surface area contributed by atoms with Crippen molar-refractivity contribution in [3.05, 3.63) is 59.7 Å². The molecule has 0 aliphatic rings. The maximum atomic E-state index is 12.1. The van der Waals surface area contributed by atoms with E-state index >= 15 is 0 Å². The minimum Gasteiger partial charge on any atom is -0.480 e. The largest absolute Gasteiger partial charge is 0.480 e. The van der Waals surface area contributed by atoms with Gasteiger partial charge in [-0.15, -0.1) is 0 Å². The highest BCUT2D eigenvalue weighted by Gasteiger charge is 2.17. The number of hydrogen-bond acceptors (Lipinski definition) is 3. The first-order chi connectivity index (χ1) is 10.5. The molecule has 0 saturated carbocycles. The molecule has 0 heterocycles. The van der Waals surface area contributed by atoms with Crippen LogP contribution in [0.15, 0.2) is 48.5 Å². The van der Waals surface area contributed by atoms with Gasteiger partial charge in [0, 0.05) is 5.69 Å². The highest BCUT2D eigenvalue weighted by Crippen LogP contribution is 2.19. The normalized spacial score (nSPS) is 11.5. The fourth-order valence-corrected chi connectivity index (χ4v) is 1.90. The number of rotatable bonds is 5. The summed E-state index contributed by atoms with van der Waals surface area (Å²) in [6.45, 7) is 3.58. The van der Waals surface area contributed by atoms with Gasteiger partial charge in [-0.3, -0.25) is 9.59 Å². The summed E-state index contributed by atoms with van der Waals surface area (Å²) in [4.78, 5) is 23.5. The molecule has 2 amide bonds. The summed E-state index contributed by atoms with van der Waals surface area (Å²) in [6, 6.07) is 14.0. The van der Waals surface area contributed by atoms with Crippen LogP contribution in [0.25, 0.3) is 0 Å². The van der Waals surface area contributed by atoms with Crippen molar-refractivity contribution in [1.29, 1.82) is 0 Å². The van der Waals surface area contributed by atoms with Gasteiger partial charge in [0.25, 0.3) is 11.8 Å². The lowest BCUT2D eigenvalue weighted by Crippen LogP contribution is -2.30. The van der Waals surface area contributed by atoms with Crippen molar-refractivity contribution in [3.8, 4) is 5.75 Å². The molecule has 0 unspecified atom stereocenters. The number of nitrogens with two attached hydrogens (primary N) is 1. The Kier molecular flexibility index (Phi) is 4.78. The number of benzene rings is 2. The molecule has 114 valence electrons. The van der Waals surface area contributed by atoms with Crippen LogP contribution in [-0.4, -0.2) is 17.9 Å². The fraction of sp³-hybridized carbons (Fsp3) is 0.176. The Hall–Kier alpha value is -2.82. The molecule has 0 aromatic heterocycles. The molecule has 2 rings (SSSR count). The zero-order valence-corrected chi connectivity index (χ0v) is 12.5. The van der Waals surface area contributed by atoms with E-state index in [-0.39, 0.29) is 11.5 Å². The van der Waals surface area contributed by atoms with E-state index in [1.807, 2.05) is 31.2 Å². The lowest BCUT2D eigenvalue weighted by Gasteiger charge is -2.16. The molecule has 0 bridgehead atoms. The predicted molar refractivity (Wildman–Crippen MR) is 84.9 cm³/mol. The minimum absolute atomic E-state index is 0.248. The molecule has 0 spiro atoms. The van der Waals surface area contributed by atoms with Crippen LogP contribution >= 0.6 is 0 Å². The third-order valence-electron chi connectivity index (χ3n) is 3.14. The van der Waals surface area contributed by atoms with Crippen LogP contribution in [-0.2, 0) is 4.79 Å². The number of primary amides is 1. The van der Waals surface area contributed by atoms with E-state index in [0.717, 1.165) is 5.56 Å². The Morgan fingerprint density at radius 2 is 1.73 bits per heavy atom. The number of para-hydroxylation sites is 1. The number of ether oxygens (including phenoxy) is 1. The Balaban J connectivity index is 2.05. The molecule has 0 radical (unpaired) electrons. The number of amides is 2. The van der Waals surface area contributed by atoms with Crippen molar-refractivity contribution >= 4 is 17.5 Å². The van der Waals surface area contributed by atoms with Crippen LogP contribution in [0, 0.1) is 6.92 Å². The molecular formula is C17H18N2O3. The summed E-state index contributed by atoms with van der Waals surface area (Å²) >= 11 is 0. The van der Waals surface area contributed by atoms with E-state index in [2.05, 4.69) is 5.32 Å². The van der Waals surface area contributed by atoms with Crippen molar-refractivity contribution < 1.29 is 14.3 Å². The maximum absolute atomic E-state index is 12.1. The lowest BCUT2D eigenvalue weighted by molar-refractivity contribution is -0.122. The predicted octanol–water partition coefficient (Wildman–Crippen LogP) is 2.50. The molecule has 3 N–H and O–H groups in total. The molecule has 5 heteroatoms. The number of nitrogens with one attached hydrogen (secondary N) is 1. The van der Waals surface area contributed by atoms with Crippen molar-refractivity contribution in [3.63, 3.8) is 0 Å². The molecule has 0 fully saturated rings. The summed E-state index contributed by atoms with van der Waals surface area (Å²) in [6.07, 6.45) is -0.762. The summed E-state index contributed by atoms with van der Waals surface area (Å²) in [5.74, 6) is -0.605. The van der Waals surface area contributed by atoms with Crippen LogP contribution < -0.4 is 15.8 Å². The molecule has 22 heavy (non-hydrogen) atoms. The molecule has 0 aliphatic heterocycles. The molecule has 0 aliphatic carbocycles. The first-order valence-corrected chi connectivity index (χ1v) is 6.90. The summed E-state index contributed by atoms with van der Waals surface area (Å²) in [7, 11) is 0. The second kappa shape index (κ2) is 6.76. The third kappa shape index (κ3) is 3.85. The van der Waals surface area contributed by atoms with Crippen molar-refractivity contribution in [1.82, 2.24) is 0 Å². The number of carbonyl (C=O) groups is 2. The van der Waals surface area contributed by atoms with E-state index in [4.69, 9.17) is 10.5 Å². The Labute approximate surface area is 129 Å². The van der Waals surface area contributed by atoms with Gasteiger partial charge in [0.15, 0.2) is 6.10 Å². The SMILES string of the molecule is Cc1ccc(NC(=O)[C@H](C)Oc2ccccc2C(N)=O)cc1. The quantitative estimate of drug-likeness (QED) is 0.889. The zero-order chi connectivity index (χ0) is 16.1. The van der Waals surface area contributed by atoms with Crippen LogP contribution in [0.1, 0.15) is 22.8 Å². The van der Waals surface area contributed by atoms with Gasteiger partial charge in [-0.1, -0.05) is 29.8 Å². The van der Waals surface area contributed by atoms with Gasteiger partial charge in [-0.2, -0.15) is 0 Å². The molecule has 2 aromatic carbocycles. The van der Waals surface area contributed by atoms with Crippen molar-refractivity contribution in [2.24, 2.45) is 5.73 Å². The van der Waals surface area contributed by atoms with E-state index in [9.17, 15) is 9.59 Å². The maximum Gasteiger partial charge on any atom is 0.265 e. The van der Waals surface area contributed by atoms with Crippen LogP contribution in [0.5, 0.6) is 5.75 Å². The first-order valence-electron chi connectivity index (χ1n) is 6.90. The highest BCUT2D eigenvalue weighted by molar-refractivity contribution is 5.96. The van der Waals surface area contributed by atoms with Gasteiger partial charge in [-0.25, -0.2) is 0 Å². The van der Waals surface area contributed by atoms with E-state index in [0.29, 0.717) is 11.4 Å². The van der Waals surface area contributed by atoms with Gasteiger partial charge in [0.2, 0.25) is 0 Å². The second-order valence-corrected chi connectivity index (χ2v) is 4.98. The first kappa shape index (κ1) is 15.6. The monoisotopic (exact) mass is 298 g/mol. The Morgan fingerprint density at radius 3 is 2.36 bits per heavy atom. The van der Waals surface area contributed by atoms with Gasteiger partial charge >= 0.3 is 0 Å². The number of aryl methyl sites for hydroxylation is 1. The van der Waals surface area contributed by atoms with Crippen LogP contribution in [0.3, 0.4) is 0 Å². The molecule has 0 saturated heterocycles. The second-order valence-electron chi connectivity index (χ2n) is 4.98. The molecular weight excluding hydrogens is 280 g/mol. The number of hydrogen-bond donors (Lipinski definition) is 2. The van der Waals surface area contributed by atoms with Gasteiger partial charge in [-0.05, 0) is 38.1 Å².